The minimum atomic E-state index is -3.52. The van der Waals surface area contributed by atoms with Gasteiger partial charge in [-0.1, -0.05) is 12.6 Å². The molecule has 0 fully saturated rings. The Morgan fingerprint density at radius 2 is 2.11 bits per heavy atom. The van der Waals surface area contributed by atoms with Crippen molar-refractivity contribution in [1.29, 1.82) is 0 Å². The summed E-state index contributed by atoms with van der Waals surface area (Å²) in [6.45, 7) is 3.24. The van der Waals surface area contributed by atoms with E-state index in [2.05, 4.69) is 26.8 Å². The number of nitrogens with one attached hydrogen (secondary N) is 1. The van der Waals surface area contributed by atoms with Gasteiger partial charge in [-0.15, -0.1) is 0 Å². The molecule has 0 atom stereocenters. The highest BCUT2D eigenvalue weighted by molar-refractivity contribution is 7.94. The molecule has 0 aliphatic rings. The number of anilines is 2. The van der Waals surface area contributed by atoms with Crippen LogP contribution in [-0.4, -0.2) is 23.4 Å². The Hall–Kier alpha value is -2.35. The van der Waals surface area contributed by atoms with Gasteiger partial charge in [0.15, 0.2) is 9.84 Å². The number of sulfone groups is 1. The maximum absolute atomic E-state index is 12.8. The molecule has 0 saturated heterocycles. The molecule has 1 N–H and O–H groups in total. The first kappa shape index (κ1) is 13.1. The summed E-state index contributed by atoms with van der Waals surface area (Å²) < 4.78 is 36.0. The van der Waals surface area contributed by atoms with E-state index in [-0.39, 0.29) is 10.8 Å². The fourth-order valence-corrected chi connectivity index (χ4v) is 2.06. The van der Waals surface area contributed by atoms with Gasteiger partial charge in [0.05, 0.1) is 4.90 Å². The fraction of sp³-hybridized carbons (Fsp3) is 0. The normalized spacial score (nSPS) is 11.0. The molecule has 1 aromatic heterocycles. The lowest BCUT2D eigenvalue weighted by atomic mass is 10.3. The first-order valence-corrected chi connectivity index (χ1v) is 6.65. The van der Waals surface area contributed by atoms with Crippen molar-refractivity contribution in [3.8, 4) is 0 Å². The van der Waals surface area contributed by atoms with Gasteiger partial charge in [0.25, 0.3) is 0 Å². The third-order valence-corrected chi connectivity index (χ3v) is 3.53. The second-order valence-corrected chi connectivity index (χ2v) is 5.34. The third kappa shape index (κ3) is 3.10. The maximum Gasteiger partial charge on any atom is 0.313 e. The standard InChI is InChI=1S/C11H9FN4O2S/c1-2-19(17,18)9-5-3-4-8(6-9)15-11-14-7-13-10(12)16-11/h2-7H,1H2,(H,13,14,15,16). The van der Waals surface area contributed by atoms with E-state index >= 15 is 0 Å². The summed E-state index contributed by atoms with van der Waals surface area (Å²) >= 11 is 0. The average molecular weight is 280 g/mol. The van der Waals surface area contributed by atoms with Gasteiger partial charge in [-0.05, 0) is 18.2 Å². The van der Waals surface area contributed by atoms with Crippen LogP contribution in [0.5, 0.6) is 0 Å². The second kappa shape index (κ2) is 5.11. The number of rotatable bonds is 4. The molecule has 0 saturated carbocycles. The van der Waals surface area contributed by atoms with Crippen molar-refractivity contribution in [2.45, 2.75) is 4.90 Å². The summed E-state index contributed by atoms with van der Waals surface area (Å²) in [6, 6.07) is 5.94. The molecule has 2 rings (SSSR count). The molecule has 0 aliphatic heterocycles. The van der Waals surface area contributed by atoms with Crippen molar-refractivity contribution in [2.75, 3.05) is 5.32 Å². The molecule has 0 spiro atoms. The highest BCUT2D eigenvalue weighted by atomic mass is 32.2. The van der Waals surface area contributed by atoms with E-state index in [1.807, 2.05) is 0 Å². The van der Waals surface area contributed by atoms with Crippen molar-refractivity contribution < 1.29 is 12.8 Å². The Bertz CT molecular complexity index is 718. The largest absolute Gasteiger partial charge is 0.324 e. The van der Waals surface area contributed by atoms with Crippen LogP contribution in [0.15, 0.2) is 47.5 Å². The van der Waals surface area contributed by atoms with Crippen LogP contribution in [0, 0.1) is 6.08 Å². The second-order valence-electron chi connectivity index (χ2n) is 3.44. The molecule has 2 aromatic rings. The fourth-order valence-electron chi connectivity index (χ4n) is 1.31. The quantitative estimate of drug-likeness (QED) is 0.917. The highest BCUT2D eigenvalue weighted by Crippen LogP contribution is 2.19. The van der Waals surface area contributed by atoms with Crippen LogP contribution < -0.4 is 5.32 Å². The molecule has 0 amide bonds. The van der Waals surface area contributed by atoms with Gasteiger partial charge in [0, 0.05) is 11.1 Å². The molecule has 19 heavy (non-hydrogen) atoms. The first-order valence-electron chi connectivity index (χ1n) is 5.10. The van der Waals surface area contributed by atoms with E-state index in [0.29, 0.717) is 5.69 Å². The summed E-state index contributed by atoms with van der Waals surface area (Å²) in [5.41, 5.74) is 0.411. The van der Waals surface area contributed by atoms with E-state index in [9.17, 15) is 12.8 Å². The lowest BCUT2D eigenvalue weighted by molar-refractivity contribution is 0.534. The maximum atomic E-state index is 12.8. The summed E-state index contributed by atoms with van der Waals surface area (Å²) in [4.78, 5) is 10.4. The van der Waals surface area contributed by atoms with E-state index < -0.39 is 15.9 Å². The summed E-state index contributed by atoms with van der Waals surface area (Å²) in [6.07, 6.45) is 0.0852. The van der Waals surface area contributed by atoms with E-state index in [1.165, 1.54) is 18.2 Å². The zero-order valence-electron chi connectivity index (χ0n) is 9.62. The molecule has 1 heterocycles. The minimum absolute atomic E-state index is 0.0133. The van der Waals surface area contributed by atoms with E-state index in [1.54, 1.807) is 6.07 Å². The number of halogens is 1. The van der Waals surface area contributed by atoms with Crippen LogP contribution in [0.1, 0.15) is 0 Å². The van der Waals surface area contributed by atoms with Crippen LogP contribution in [0.3, 0.4) is 0 Å². The van der Waals surface area contributed by atoms with Gasteiger partial charge in [-0.3, -0.25) is 0 Å². The van der Waals surface area contributed by atoms with E-state index in [0.717, 1.165) is 11.7 Å². The summed E-state index contributed by atoms with van der Waals surface area (Å²) in [5, 5.41) is 3.54. The zero-order chi connectivity index (χ0) is 13.9. The van der Waals surface area contributed by atoms with Gasteiger partial charge >= 0.3 is 6.08 Å². The molecule has 0 aliphatic carbocycles. The Kier molecular flexibility index (Phi) is 3.52. The summed E-state index contributed by atoms with van der Waals surface area (Å²) in [7, 11) is -3.52. The van der Waals surface area contributed by atoms with Crippen molar-refractivity contribution in [1.82, 2.24) is 15.0 Å². The Balaban J connectivity index is 2.32. The van der Waals surface area contributed by atoms with Gasteiger partial charge in [0.1, 0.15) is 6.33 Å². The van der Waals surface area contributed by atoms with E-state index in [4.69, 9.17) is 0 Å². The van der Waals surface area contributed by atoms with Crippen molar-refractivity contribution in [3.63, 3.8) is 0 Å². The summed E-state index contributed by atoms with van der Waals surface area (Å²) in [5.74, 6) is -0.0133. The molecule has 6 nitrogen and oxygen atoms in total. The molecule has 0 radical (unpaired) electrons. The SMILES string of the molecule is C=CS(=O)(=O)c1cccc(Nc2ncnc(F)n2)c1. The lowest BCUT2D eigenvalue weighted by Crippen LogP contribution is -2.01. The van der Waals surface area contributed by atoms with Crippen molar-refractivity contribution >= 4 is 21.5 Å². The van der Waals surface area contributed by atoms with Crippen LogP contribution in [0.4, 0.5) is 16.0 Å². The molecular formula is C11H9FN4O2S. The molecule has 1 aromatic carbocycles. The Morgan fingerprint density at radius 1 is 1.32 bits per heavy atom. The lowest BCUT2D eigenvalue weighted by Gasteiger charge is -2.05. The smallest absolute Gasteiger partial charge is 0.313 e. The van der Waals surface area contributed by atoms with Gasteiger partial charge in [0.2, 0.25) is 5.95 Å². The molecular weight excluding hydrogens is 271 g/mol. The predicted molar refractivity (Wildman–Crippen MR) is 66.9 cm³/mol. The predicted octanol–water partition coefficient (Wildman–Crippen LogP) is 1.67. The van der Waals surface area contributed by atoms with Gasteiger partial charge in [-0.25, -0.2) is 13.4 Å². The van der Waals surface area contributed by atoms with Gasteiger partial charge in [-0.2, -0.15) is 14.4 Å². The Labute approximate surface area is 109 Å². The average Bonchev–Trinajstić information content (AvgIpc) is 2.39. The van der Waals surface area contributed by atoms with Crippen molar-refractivity contribution in [2.24, 2.45) is 0 Å². The monoisotopic (exact) mass is 280 g/mol. The zero-order valence-corrected chi connectivity index (χ0v) is 10.4. The van der Waals surface area contributed by atoms with Crippen LogP contribution in [0.2, 0.25) is 0 Å². The Morgan fingerprint density at radius 3 is 2.79 bits per heavy atom. The molecule has 0 bridgehead atoms. The van der Waals surface area contributed by atoms with Gasteiger partial charge < -0.3 is 5.32 Å². The molecule has 0 unspecified atom stereocenters. The van der Waals surface area contributed by atoms with Crippen LogP contribution in [-0.2, 0) is 9.84 Å². The first-order chi connectivity index (χ1) is 9.01. The topological polar surface area (TPSA) is 84.8 Å². The molecule has 98 valence electrons. The third-order valence-electron chi connectivity index (χ3n) is 2.18. The molecule has 8 heteroatoms. The van der Waals surface area contributed by atoms with Crippen LogP contribution in [0.25, 0.3) is 0 Å². The number of benzene rings is 1. The highest BCUT2D eigenvalue weighted by Gasteiger charge is 2.10. The number of nitrogens with zero attached hydrogens (tertiary/aromatic N) is 3. The van der Waals surface area contributed by atoms with Crippen LogP contribution >= 0.6 is 0 Å². The number of hydrogen-bond acceptors (Lipinski definition) is 6. The minimum Gasteiger partial charge on any atom is -0.324 e. The van der Waals surface area contributed by atoms with Crippen molar-refractivity contribution in [3.05, 3.63) is 48.7 Å². The number of aromatic nitrogens is 3. The number of hydrogen-bond donors (Lipinski definition) is 1.